The van der Waals surface area contributed by atoms with Crippen molar-refractivity contribution in [3.63, 3.8) is 0 Å². The molecule has 4 heteroatoms. The molecule has 2 nitrogen and oxygen atoms in total. The zero-order chi connectivity index (χ0) is 7.28. The smallest absolute Gasteiger partial charge is 0.369 e. The Balaban J connectivity index is 3.74. The number of carbonyl (C=O) groups is 1. The summed E-state index contributed by atoms with van der Waals surface area (Å²) in [6.07, 6.45) is -0.433. The molecule has 0 radical (unpaired) electrons. The molecule has 0 N–H and O–H groups in total. The SMILES string of the molecule is CCOC(=O)/C(F)=C/F. The summed E-state index contributed by atoms with van der Waals surface area (Å²) in [5, 5.41) is 0. The number of hydrogen-bond donors (Lipinski definition) is 0. The molecule has 0 aromatic rings. The van der Waals surface area contributed by atoms with Crippen LogP contribution in [0.3, 0.4) is 0 Å². The van der Waals surface area contributed by atoms with Gasteiger partial charge in [0.1, 0.15) is 6.33 Å². The number of hydrogen-bond acceptors (Lipinski definition) is 2. The van der Waals surface area contributed by atoms with Crippen LogP contribution in [0.15, 0.2) is 12.2 Å². The molecule has 0 aliphatic carbocycles. The first-order valence-electron chi connectivity index (χ1n) is 2.35. The first kappa shape index (κ1) is 8.07. The van der Waals surface area contributed by atoms with Crippen LogP contribution in [0.2, 0.25) is 0 Å². The molecule has 0 aliphatic rings. The van der Waals surface area contributed by atoms with Crippen molar-refractivity contribution in [2.75, 3.05) is 6.61 Å². The second-order valence-electron chi connectivity index (χ2n) is 1.18. The molecule has 0 spiro atoms. The summed E-state index contributed by atoms with van der Waals surface area (Å²) in [7, 11) is 0. The van der Waals surface area contributed by atoms with Gasteiger partial charge in [0, 0.05) is 0 Å². The van der Waals surface area contributed by atoms with Gasteiger partial charge >= 0.3 is 5.97 Å². The Labute approximate surface area is 51.1 Å². The van der Waals surface area contributed by atoms with Gasteiger partial charge in [0.15, 0.2) is 0 Å². The lowest BCUT2D eigenvalue weighted by atomic mass is 10.6. The maximum Gasteiger partial charge on any atom is 0.369 e. The summed E-state index contributed by atoms with van der Waals surface area (Å²) in [6, 6.07) is 0. The van der Waals surface area contributed by atoms with Gasteiger partial charge < -0.3 is 4.74 Å². The molecule has 0 heterocycles. The summed E-state index contributed by atoms with van der Waals surface area (Å²) < 4.78 is 26.9. The van der Waals surface area contributed by atoms with Gasteiger partial charge in [-0.3, -0.25) is 0 Å². The maximum absolute atomic E-state index is 11.7. The summed E-state index contributed by atoms with van der Waals surface area (Å²) >= 11 is 0. The first-order chi connectivity index (χ1) is 4.22. The summed E-state index contributed by atoms with van der Waals surface area (Å²) in [4.78, 5) is 10.1. The van der Waals surface area contributed by atoms with Crippen molar-refractivity contribution in [1.29, 1.82) is 0 Å². The van der Waals surface area contributed by atoms with Crippen LogP contribution in [0, 0.1) is 0 Å². The topological polar surface area (TPSA) is 26.3 Å². The second kappa shape index (κ2) is 4.00. The van der Waals surface area contributed by atoms with Crippen molar-refractivity contribution in [3.05, 3.63) is 12.2 Å². The van der Waals surface area contributed by atoms with Gasteiger partial charge in [-0.1, -0.05) is 0 Å². The van der Waals surface area contributed by atoms with E-state index in [-0.39, 0.29) is 6.61 Å². The predicted octanol–water partition coefficient (Wildman–Crippen LogP) is 1.33. The third kappa shape index (κ3) is 2.79. The van der Waals surface area contributed by atoms with Crippen molar-refractivity contribution in [3.8, 4) is 0 Å². The maximum atomic E-state index is 11.7. The van der Waals surface area contributed by atoms with Crippen molar-refractivity contribution in [2.45, 2.75) is 6.92 Å². The minimum Gasteiger partial charge on any atom is -0.461 e. The van der Waals surface area contributed by atoms with Crippen LogP contribution < -0.4 is 0 Å². The fourth-order valence-corrected chi connectivity index (χ4v) is 0.245. The van der Waals surface area contributed by atoms with Crippen LogP contribution >= 0.6 is 0 Å². The van der Waals surface area contributed by atoms with Gasteiger partial charge in [-0.2, -0.15) is 4.39 Å². The van der Waals surface area contributed by atoms with E-state index in [4.69, 9.17) is 0 Å². The Morgan fingerprint density at radius 3 is 2.67 bits per heavy atom. The molecule has 0 amide bonds. The number of carbonyl (C=O) groups excluding carboxylic acids is 1. The fourth-order valence-electron chi connectivity index (χ4n) is 0.245. The molecule has 0 aliphatic heterocycles. The Morgan fingerprint density at radius 2 is 2.33 bits per heavy atom. The Kier molecular flexibility index (Phi) is 3.59. The lowest BCUT2D eigenvalue weighted by molar-refractivity contribution is -0.140. The molecule has 0 rings (SSSR count). The van der Waals surface area contributed by atoms with E-state index in [1.807, 2.05) is 0 Å². The van der Waals surface area contributed by atoms with E-state index >= 15 is 0 Å². The third-order valence-electron chi connectivity index (χ3n) is 0.566. The molecule has 0 unspecified atom stereocenters. The van der Waals surface area contributed by atoms with E-state index in [0.717, 1.165) is 0 Å². The lowest BCUT2D eigenvalue weighted by Crippen LogP contribution is -2.03. The lowest BCUT2D eigenvalue weighted by Gasteiger charge is -1.94. The Morgan fingerprint density at radius 1 is 1.78 bits per heavy atom. The predicted molar refractivity (Wildman–Crippen MR) is 26.9 cm³/mol. The van der Waals surface area contributed by atoms with E-state index in [1.54, 1.807) is 0 Å². The zero-order valence-electron chi connectivity index (χ0n) is 4.86. The summed E-state index contributed by atoms with van der Waals surface area (Å²) in [6.45, 7) is 1.55. The highest BCUT2D eigenvalue weighted by atomic mass is 19.2. The van der Waals surface area contributed by atoms with Crippen LogP contribution in [0.4, 0.5) is 8.78 Å². The second-order valence-corrected chi connectivity index (χ2v) is 1.18. The van der Waals surface area contributed by atoms with Gasteiger partial charge in [0.2, 0.25) is 5.83 Å². The van der Waals surface area contributed by atoms with Gasteiger partial charge in [0.25, 0.3) is 0 Å². The van der Waals surface area contributed by atoms with E-state index in [2.05, 4.69) is 4.74 Å². The summed E-state index contributed by atoms with van der Waals surface area (Å²) in [5.74, 6) is -2.77. The van der Waals surface area contributed by atoms with Gasteiger partial charge in [-0.25, -0.2) is 9.18 Å². The molecule has 0 saturated carbocycles. The quantitative estimate of drug-likeness (QED) is 0.422. The average molecular weight is 136 g/mol. The molecule has 0 atom stereocenters. The van der Waals surface area contributed by atoms with Crippen LogP contribution in [0.25, 0.3) is 0 Å². The number of ether oxygens (including phenoxy) is 1. The molecule has 52 valence electrons. The highest BCUT2D eigenvalue weighted by Gasteiger charge is 2.07. The van der Waals surface area contributed by atoms with Crippen molar-refractivity contribution in [1.82, 2.24) is 0 Å². The molecular formula is C5H6F2O2. The van der Waals surface area contributed by atoms with Crippen LogP contribution in [-0.2, 0) is 9.53 Å². The molecule has 0 aromatic heterocycles. The molecule has 0 aromatic carbocycles. The molecule has 0 fully saturated rings. The highest BCUT2D eigenvalue weighted by Crippen LogP contribution is 1.98. The van der Waals surface area contributed by atoms with E-state index in [9.17, 15) is 13.6 Å². The zero-order valence-corrected chi connectivity index (χ0v) is 4.86. The van der Waals surface area contributed by atoms with Gasteiger partial charge in [-0.15, -0.1) is 0 Å². The standard InChI is InChI=1S/C5H6F2O2/c1-2-9-5(8)4(7)3-6/h3H,2H2,1H3/b4-3-. The average Bonchev–Trinajstić information content (AvgIpc) is 1.87. The largest absolute Gasteiger partial charge is 0.461 e. The van der Waals surface area contributed by atoms with Crippen LogP contribution in [-0.4, -0.2) is 12.6 Å². The van der Waals surface area contributed by atoms with Gasteiger partial charge in [-0.05, 0) is 6.92 Å². The van der Waals surface area contributed by atoms with Crippen LogP contribution in [0.5, 0.6) is 0 Å². The van der Waals surface area contributed by atoms with Crippen molar-refractivity contribution in [2.24, 2.45) is 0 Å². The van der Waals surface area contributed by atoms with E-state index in [0.29, 0.717) is 0 Å². The molecule has 9 heavy (non-hydrogen) atoms. The highest BCUT2D eigenvalue weighted by molar-refractivity contribution is 5.85. The Hall–Kier alpha value is -0.930. The number of rotatable bonds is 2. The van der Waals surface area contributed by atoms with Crippen LogP contribution in [0.1, 0.15) is 6.92 Å². The Bertz CT molecular complexity index is 131. The normalized spacial score (nSPS) is 11.2. The van der Waals surface area contributed by atoms with E-state index < -0.39 is 18.1 Å². The minimum atomic E-state index is -1.50. The molecule has 0 bridgehead atoms. The van der Waals surface area contributed by atoms with E-state index in [1.165, 1.54) is 6.92 Å². The van der Waals surface area contributed by atoms with Crippen molar-refractivity contribution >= 4 is 5.97 Å². The number of esters is 1. The van der Waals surface area contributed by atoms with Gasteiger partial charge in [0.05, 0.1) is 6.61 Å². The van der Waals surface area contributed by atoms with Crippen molar-refractivity contribution < 1.29 is 18.3 Å². The monoisotopic (exact) mass is 136 g/mol. The fraction of sp³-hybridized carbons (Fsp3) is 0.400. The summed E-state index contributed by atoms with van der Waals surface area (Å²) in [5.41, 5.74) is 0. The first-order valence-corrected chi connectivity index (χ1v) is 2.35. The number of halogens is 2. The third-order valence-corrected chi connectivity index (χ3v) is 0.566. The minimum absolute atomic E-state index is 0.0418. The molecule has 0 saturated heterocycles. The molecular weight excluding hydrogens is 130 g/mol.